The zero-order chi connectivity index (χ0) is 14.1. The van der Waals surface area contributed by atoms with E-state index in [0.29, 0.717) is 5.56 Å². The van der Waals surface area contributed by atoms with Gasteiger partial charge in [0, 0.05) is 11.1 Å². The van der Waals surface area contributed by atoms with Crippen LogP contribution in [0.5, 0.6) is 0 Å². The lowest BCUT2D eigenvalue weighted by Crippen LogP contribution is -2.40. The van der Waals surface area contributed by atoms with Gasteiger partial charge < -0.3 is 0 Å². The predicted molar refractivity (Wildman–Crippen MR) is 67.9 cm³/mol. The van der Waals surface area contributed by atoms with Crippen LogP contribution in [0.25, 0.3) is 0 Å². The SMILES string of the molecule is Cc1cccc(S(=O)(=O)NC(C)(C)C)c1[N+](=O)[O-]. The Morgan fingerprint density at radius 2 is 1.83 bits per heavy atom. The number of nitrogens with zero attached hydrogens (tertiary/aromatic N) is 1. The number of para-hydroxylation sites is 1. The number of hydrogen-bond donors (Lipinski definition) is 1. The van der Waals surface area contributed by atoms with E-state index in [0.717, 1.165) is 0 Å². The zero-order valence-corrected chi connectivity index (χ0v) is 11.5. The molecule has 0 spiro atoms. The molecule has 0 aliphatic carbocycles. The molecule has 0 heterocycles. The molecule has 0 amide bonds. The molecule has 0 aliphatic rings. The first-order chi connectivity index (χ1) is 8.04. The largest absolute Gasteiger partial charge is 0.292 e. The van der Waals surface area contributed by atoms with Gasteiger partial charge in [-0.05, 0) is 33.8 Å². The first kappa shape index (κ1) is 14.6. The summed E-state index contributed by atoms with van der Waals surface area (Å²) in [6.07, 6.45) is 0. The predicted octanol–water partition coefficient (Wildman–Crippen LogP) is 1.98. The van der Waals surface area contributed by atoms with Crippen molar-refractivity contribution < 1.29 is 13.3 Å². The summed E-state index contributed by atoms with van der Waals surface area (Å²) in [6.45, 7) is 6.53. The molecular formula is C11H16N2O4S. The highest BCUT2D eigenvalue weighted by Gasteiger charge is 2.30. The maximum absolute atomic E-state index is 12.1. The van der Waals surface area contributed by atoms with Crippen molar-refractivity contribution in [3.8, 4) is 0 Å². The Kier molecular flexibility index (Phi) is 3.78. The lowest BCUT2D eigenvalue weighted by atomic mass is 10.1. The van der Waals surface area contributed by atoms with Gasteiger partial charge in [-0.2, -0.15) is 0 Å². The minimum atomic E-state index is -3.91. The van der Waals surface area contributed by atoms with E-state index in [-0.39, 0.29) is 10.6 Å². The number of sulfonamides is 1. The van der Waals surface area contributed by atoms with Gasteiger partial charge in [0.15, 0.2) is 4.90 Å². The molecule has 0 fully saturated rings. The second kappa shape index (κ2) is 4.66. The number of benzene rings is 1. The van der Waals surface area contributed by atoms with E-state index >= 15 is 0 Å². The number of nitrogens with one attached hydrogen (secondary N) is 1. The van der Waals surface area contributed by atoms with Crippen LogP contribution in [-0.2, 0) is 10.0 Å². The Labute approximate surface area is 106 Å². The van der Waals surface area contributed by atoms with Crippen molar-refractivity contribution in [3.63, 3.8) is 0 Å². The molecule has 1 N–H and O–H groups in total. The maximum atomic E-state index is 12.1. The van der Waals surface area contributed by atoms with E-state index in [1.165, 1.54) is 25.1 Å². The van der Waals surface area contributed by atoms with Crippen LogP contribution >= 0.6 is 0 Å². The molecule has 0 bridgehead atoms. The highest BCUT2D eigenvalue weighted by Crippen LogP contribution is 2.27. The summed E-state index contributed by atoms with van der Waals surface area (Å²) in [5, 5.41) is 11.0. The summed E-state index contributed by atoms with van der Waals surface area (Å²) in [7, 11) is -3.91. The molecule has 0 radical (unpaired) electrons. The second-order valence-corrected chi connectivity index (χ2v) is 6.69. The molecule has 0 aromatic heterocycles. The number of nitro groups is 1. The lowest BCUT2D eigenvalue weighted by molar-refractivity contribution is -0.388. The van der Waals surface area contributed by atoms with Crippen LogP contribution in [0.15, 0.2) is 23.1 Å². The molecule has 7 heteroatoms. The molecule has 0 aliphatic heterocycles. The highest BCUT2D eigenvalue weighted by atomic mass is 32.2. The first-order valence-electron chi connectivity index (χ1n) is 5.32. The molecule has 1 aromatic rings. The van der Waals surface area contributed by atoms with Crippen LogP contribution in [-0.4, -0.2) is 18.9 Å². The van der Waals surface area contributed by atoms with Crippen LogP contribution in [0.3, 0.4) is 0 Å². The molecule has 18 heavy (non-hydrogen) atoms. The number of hydrogen-bond acceptors (Lipinski definition) is 4. The van der Waals surface area contributed by atoms with Crippen LogP contribution in [0.4, 0.5) is 5.69 Å². The van der Waals surface area contributed by atoms with Gasteiger partial charge in [0.25, 0.3) is 5.69 Å². The molecule has 100 valence electrons. The quantitative estimate of drug-likeness (QED) is 0.673. The second-order valence-electron chi connectivity index (χ2n) is 5.03. The van der Waals surface area contributed by atoms with E-state index < -0.39 is 20.5 Å². The van der Waals surface area contributed by atoms with Crippen LogP contribution in [0, 0.1) is 17.0 Å². The fourth-order valence-electron chi connectivity index (χ4n) is 1.54. The fraction of sp³-hybridized carbons (Fsp3) is 0.455. The Bertz CT molecular complexity index is 573. The van der Waals surface area contributed by atoms with Crippen molar-refractivity contribution >= 4 is 15.7 Å². The molecule has 1 rings (SSSR count). The maximum Gasteiger partial charge on any atom is 0.292 e. The first-order valence-corrected chi connectivity index (χ1v) is 6.81. The topological polar surface area (TPSA) is 89.3 Å². The standard InChI is InChI=1S/C11H16N2O4S/c1-8-6-5-7-9(10(8)13(14)15)18(16,17)12-11(2,3)4/h5-7,12H,1-4H3. The summed E-state index contributed by atoms with van der Waals surface area (Å²) in [5.74, 6) is 0. The summed E-state index contributed by atoms with van der Waals surface area (Å²) >= 11 is 0. The van der Waals surface area contributed by atoms with Gasteiger partial charge in [0.1, 0.15) is 0 Å². The molecule has 6 nitrogen and oxygen atoms in total. The normalized spacial score (nSPS) is 12.4. The van der Waals surface area contributed by atoms with Gasteiger partial charge in [-0.25, -0.2) is 13.1 Å². The minimum Gasteiger partial charge on any atom is -0.258 e. The third-order valence-electron chi connectivity index (χ3n) is 2.11. The fourth-order valence-corrected chi connectivity index (χ4v) is 3.20. The van der Waals surface area contributed by atoms with Crippen molar-refractivity contribution in [2.45, 2.75) is 38.1 Å². The molecule has 0 atom stereocenters. The van der Waals surface area contributed by atoms with E-state index in [1.807, 2.05) is 0 Å². The van der Waals surface area contributed by atoms with E-state index in [4.69, 9.17) is 0 Å². The van der Waals surface area contributed by atoms with Crippen molar-refractivity contribution in [1.82, 2.24) is 4.72 Å². The summed E-state index contributed by atoms with van der Waals surface area (Å²) in [6, 6.07) is 4.23. The minimum absolute atomic E-state index is 0.303. The molecule has 1 aromatic carbocycles. The summed E-state index contributed by atoms with van der Waals surface area (Å²) < 4.78 is 26.6. The number of aryl methyl sites for hydroxylation is 1. The average Bonchev–Trinajstić information content (AvgIpc) is 2.12. The van der Waals surface area contributed by atoms with E-state index in [9.17, 15) is 18.5 Å². The van der Waals surface area contributed by atoms with Gasteiger partial charge in [0.05, 0.1) is 4.92 Å². The van der Waals surface area contributed by atoms with Crippen LogP contribution in [0.1, 0.15) is 26.3 Å². The third kappa shape index (κ3) is 3.27. The molecule has 0 unspecified atom stereocenters. The lowest BCUT2D eigenvalue weighted by Gasteiger charge is -2.20. The zero-order valence-electron chi connectivity index (χ0n) is 10.7. The Morgan fingerprint density at radius 1 is 1.28 bits per heavy atom. The van der Waals surface area contributed by atoms with Crippen molar-refractivity contribution in [1.29, 1.82) is 0 Å². The Hall–Kier alpha value is -1.47. The Morgan fingerprint density at radius 3 is 2.28 bits per heavy atom. The Balaban J connectivity index is 3.43. The highest BCUT2D eigenvalue weighted by molar-refractivity contribution is 7.89. The number of rotatable bonds is 3. The van der Waals surface area contributed by atoms with Crippen molar-refractivity contribution in [3.05, 3.63) is 33.9 Å². The molecule has 0 saturated heterocycles. The molecular weight excluding hydrogens is 256 g/mol. The number of nitro benzene ring substituents is 1. The average molecular weight is 272 g/mol. The van der Waals surface area contributed by atoms with E-state index in [2.05, 4.69) is 4.72 Å². The van der Waals surface area contributed by atoms with Crippen LogP contribution in [0.2, 0.25) is 0 Å². The van der Waals surface area contributed by atoms with Gasteiger partial charge in [-0.15, -0.1) is 0 Å². The molecule has 0 saturated carbocycles. The third-order valence-corrected chi connectivity index (χ3v) is 3.90. The van der Waals surface area contributed by atoms with Crippen molar-refractivity contribution in [2.75, 3.05) is 0 Å². The van der Waals surface area contributed by atoms with Gasteiger partial charge >= 0.3 is 0 Å². The summed E-state index contributed by atoms with van der Waals surface area (Å²) in [4.78, 5) is 9.99. The van der Waals surface area contributed by atoms with Gasteiger partial charge in [-0.1, -0.05) is 12.1 Å². The van der Waals surface area contributed by atoms with Crippen LogP contribution < -0.4 is 4.72 Å². The van der Waals surface area contributed by atoms with Crippen molar-refractivity contribution in [2.24, 2.45) is 0 Å². The van der Waals surface area contributed by atoms with Gasteiger partial charge in [0.2, 0.25) is 10.0 Å². The monoisotopic (exact) mass is 272 g/mol. The summed E-state index contributed by atoms with van der Waals surface area (Å²) in [5.41, 5.74) is -0.762. The smallest absolute Gasteiger partial charge is 0.258 e. The van der Waals surface area contributed by atoms with E-state index in [1.54, 1.807) is 20.8 Å². The van der Waals surface area contributed by atoms with Gasteiger partial charge in [-0.3, -0.25) is 10.1 Å².